The van der Waals surface area contributed by atoms with Gasteiger partial charge in [0.25, 0.3) is 0 Å². The maximum absolute atomic E-state index is 12.4. The molecule has 0 aliphatic heterocycles. The van der Waals surface area contributed by atoms with Gasteiger partial charge in [0.1, 0.15) is 0 Å². The fourth-order valence-corrected chi connectivity index (χ4v) is 3.15. The number of benzene rings is 1. The first-order valence-electron chi connectivity index (χ1n) is 7.98. The molecule has 1 aliphatic carbocycles. The minimum absolute atomic E-state index is 0. The van der Waals surface area contributed by atoms with E-state index in [0.717, 1.165) is 30.5 Å². The van der Waals surface area contributed by atoms with Gasteiger partial charge in [0.15, 0.2) is 0 Å². The molecule has 2 rings (SSSR count). The van der Waals surface area contributed by atoms with Gasteiger partial charge in [0, 0.05) is 25.2 Å². The number of hydrogen-bond donors (Lipinski definition) is 1. The van der Waals surface area contributed by atoms with E-state index in [2.05, 4.69) is 13.8 Å². The monoisotopic (exact) mass is 324 g/mol. The van der Waals surface area contributed by atoms with Gasteiger partial charge in [-0.25, -0.2) is 0 Å². The number of hydrogen-bond acceptors (Lipinski definition) is 2. The number of anilines is 1. The maximum Gasteiger partial charge on any atom is 0.222 e. The van der Waals surface area contributed by atoms with Crippen LogP contribution < -0.4 is 5.73 Å². The summed E-state index contributed by atoms with van der Waals surface area (Å²) in [5.41, 5.74) is 8.23. The molecule has 3 nitrogen and oxygen atoms in total. The average Bonchev–Trinajstić information content (AvgIpc) is 2.45. The Balaban J connectivity index is 0.00000242. The zero-order valence-corrected chi connectivity index (χ0v) is 14.8. The van der Waals surface area contributed by atoms with Crippen LogP contribution in [0.1, 0.15) is 51.5 Å². The molecule has 0 atom stereocenters. The minimum Gasteiger partial charge on any atom is -0.399 e. The van der Waals surface area contributed by atoms with E-state index in [4.69, 9.17) is 5.73 Å². The second kappa shape index (κ2) is 7.87. The Hall–Kier alpha value is -1.22. The Kier molecular flexibility index (Phi) is 6.73. The number of nitrogens with two attached hydrogens (primary N) is 1. The number of aryl methyl sites for hydroxylation is 1. The highest BCUT2D eigenvalue weighted by Gasteiger charge is 2.30. The van der Waals surface area contributed by atoms with E-state index in [1.54, 1.807) is 0 Å². The molecular weight excluding hydrogens is 296 g/mol. The molecule has 1 saturated carbocycles. The molecule has 1 aliphatic rings. The molecule has 0 bridgehead atoms. The smallest absolute Gasteiger partial charge is 0.222 e. The highest BCUT2D eigenvalue weighted by Crippen LogP contribution is 2.36. The summed E-state index contributed by atoms with van der Waals surface area (Å²) in [5, 5.41) is 0. The van der Waals surface area contributed by atoms with Gasteiger partial charge in [-0.15, -0.1) is 12.4 Å². The fourth-order valence-electron chi connectivity index (χ4n) is 3.15. The van der Waals surface area contributed by atoms with Crippen molar-refractivity contribution in [1.29, 1.82) is 0 Å². The van der Waals surface area contributed by atoms with Gasteiger partial charge in [-0.1, -0.05) is 32.0 Å². The molecule has 0 unspecified atom stereocenters. The zero-order chi connectivity index (χ0) is 15.5. The molecule has 0 heterocycles. The van der Waals surface area contributed by atoms with Crippen LogP contribution in [0.15, 0.2) is 24.3 Å². The number of carbonyl (C=O) groups excluding carboxylic acids is 1. The van der Waals surface area contributed by atoms with Gasteiger partial charge in [-0.3, -0.25) is 4.79 Å². The Morgan fingerprint density at radius 1 is 1.27 bits per heavy atom. The lowest BCUT2D eigenvalue weighted by molar-refractivity contribution is -0.132. The Morgan fingerprint density at radius 2 is 1.86 bits per heavy atom. The first-order chi connectivity index (χ1) is 9.89. The SMILES string of the molecule is CN(C(=O)CCc1ccccc1N)C1CCC(C)(C)CC1.Cl. The van der Waals surface area contributed by atoms with Gasteiger partial charge in [0.05, 0.1) is 0 Å². The van der Waals surface area contributed by atoms with Crippen LogP contribution in [0.3, 0.4) is 0 Å². The van der Waals surface area contributed by atoms with Crippen LogP contribution >= 0.6 is 12.4 Å². The predicted octanol–water partition coefficient (Wildman–Crippen LogP) is 4.05. The third-order valence-electron chi connectivity index (χ3n) is 4.91. The van der Waals surface area contributed by atoms with Crippen molar-refractivity contribution in [1.82, 2.24) is 4.90 Å². The number of carbonyl (C=O) groups is 1. The third-order valence-corrected chi connectivity index (χ3v) is 4.91. The lowest BCUT2D eigenvalue weighted by Crippen LogP contribution is -2.40. The lowest BCUT2D eigenvalue weighted by atomic mass is 9.75. The first-order valence-corrected chi connectivity index (χ1v) is 7.98. The van der Waals surface area contributed by atoms with E-state index in [1.165, 1.54) is 12.8 Å². The van der Waals surface area contributed by atoms with Gasteiger partial charge in [-0.05, 0) is 49.1 Å². The summed E-state index contributed by atoms with van der Waals surface area (Å²) in [4.78, 5) is 14.3. The van der Waals surface area contributed by atoms with Gasteiger partial charge in [-0.2, -0.15) is 0 Å². The van der Waals surface area contributed by atoms with E-state index in [-0.39, 0.29) is 18.3 Å². The third kappa shape index (κ3) is 4.91. The van der Waals surface area contributed by atoms with Crippen molar-refractivity contribution in [3.8, 4) is 0 Å². The average molecular weight is 325 g/mol. The number of amides is 1. The quantitative estimate of drug-likeness (QED) is 0.849. The standard InChI is InChI=1S/C18H28N2O.ClH/c1-18(2)12-10-15(11-13-18)20(3)17(21)9-8-14-6-4-5-7-16(14)19;/h4-7,15H,8-13,19H2,1-3H3;1H. The molecule has 0 spiro atoms. The second-order valence-electron chi connectivity index (χ2n) is 7.10. The van der Waals surface area contributed by atoms with Crippen molar-refractivity contribution in [3.63, 3.8) is 0 Å². The molecule has 0 aromatic heterocycles. The van der Waals surface area contributed by atoms with Crippen LogP contribution in [0, 0.1) is 5.41 Å². The summed E-state index contributed by atoms with van der Waals surface area (Å²) in [6, 6.07) is 8.22. The van der Waals surface area contributed by atoms with E-state index < -0.39 is 0 Å². The normalized spacial score (nSPS) is 17.6. The number of halogens is 1. The Morgan fingerprint density at radius 3 is 2.45 bits per heavy atom. The number of nitrogen functional groups attached to an aromatic ring is 1. The van der Waals surface area contributed by atoms with Gasteiger partial charge >= 0.3 is 0 Å². The zero-order valence-electron chi connectivity index (χ0n) is 14.0. The molecule has 4 heteroatoms. The molecule has 1 aromatic carbocycles. The molecular formula is C18H29ClN2O. The molecule has 2 N–H and O–H groups in total. The highest BCUT2D eigenvalue weighted by molar-refractivity contribution is 5.85. The molecule has 1 amide bonds. The van der Waals surface area contributed by atoms with E-state index in [0.29, 0.717) is 17.9 Å². The summed E-state index contributed by atoms with van der Waals surface area (Å²) >= 11 is 0. The van der Waals surface area contributed by atoms with Crippen LogP contribution in [0.25, 0.3) is 0 Å². The summed E-state index contributed by atoms with van der Waals surface area (Å²) < 4.78 is 0. The lowest BCUT2D eigenvalue weighted by Gasteiger charge is -2.38. The van der Waals surface area contributed by atoms with Crippen molar-refractivity contribution in [2.75, 3.05) is 12.8 Å². The number of rotatable bonds is 4. The van der Waals surface area contributed by atoms with Crippen molar-refractivity contribution >= 4 is 24.0 Å². The Bertz CT molecular complexity index is 492. The Labute approximate surface area is 140 Å². The summed E-state index contributed by atoms with van der Waals surface area (Å²) in [6.45, 7) is 4.65. The van der Waals surface area contributed by atoms with E-state index in [9.17, 15) is 4.79 Å². The van der Waals surface area contributed by atoms with Crippen LogP contribution in [-0.4, -0.2) is 23.9 Å². The summed E-state index contributed by atoms with van der Waals surface area (Å²) in [7, 11) is 1.96. The topological polar surface area (TPSA) is 46.3 Å². The van der Waals surface area contributed by atoms with Gasteiger partial charge in [0.2, 0.25) is 5.91 Å². The fraction of sp³-hybridized carbons (Fsp3) is 0.611. The van der Waals surface area contributed by atoms with E-state index in [1.807, 2.05) is 36.2 Å². The van der Waals surface area contributed by atoms with Gasteiger partial charge < -0.3 is 10.6 Å². The van der Waals surface area contributed by atoms with E-state index >= 15 is 0 Å². The number of para-hydroxylation sites is 1. The number of nitrogens with zero attached hydrogens (tertiary/aromatic N) is 1. The molecule has 0 saturated heterocycles. The van der Waals surface area contributed by atoms with Crippen molar-refractivity contribution in [2.45, 2.75) is 58.4 Å². The highest BCUT2D eigenvalue weighted by atomic mass is 35.5. The first kappa shape index (κ1) is 18.8. The summed E-state index contributed by atoms with van der Waals surface area (Å²) in [6.07, 6.45) is 5.95. The summed E-state index contributed by atoms with van der Waals surface area (Å²) in [5.74, 6) is 0.239. The maximum atomic E-state index is 12.4. The molecule has 22 heavy (non-hydrogen) atoms. The van der Waals surface area contributed by atoms with Crippen LogP contribution in [0.5, 0.6) is 0 Å². The van der Waals surface area contributed by atoms with Crippen molar-refractivity contribution < 1.29 is 4.79 Å². The predicted molar refractivity (Wildman–Crippen MR) is 95.2 cm³/mol. The molecule has 124 valence electrons. The molecule has 1 fully saturated rings. The van der Waals surface area contributed by atoms with Crippen LogP contribution in [-0.2, 0) is 11.2 Å². The van der Waals surface area contributed by atoms with Crippen LogP contribution in [0.4, 0.5) is 5.69 Å². The largest absolute Gasteiger partial charge is 0.399 e. The molecule has 0 radical (unpaired) electrons. The second-order valence-corrected chi connectivity index (χ2v) is 7.10. The molecule has 1 aromatic rings. The minimum atomic E-state index is 0. The van der Waals surface area contributed by atoms with Crippen LogP contribution in [0.2, 0.25) is 0 Å². The van der Waals surface area contributed by atoms with Crippen molar-refractivity contribution in [3.05, 3.63) is 29.8 Å². The van der Waals surface area contributed by atoms with Crippen molar-refractivity contribution in [2.24, 2.45) is 5.41 Å².